The van der Waals surface area contributed by atoms with Crippen molar-refractivity contribution in [3.8, 4) is 11.1 Å². The van der Waals surface area contributed by atoms with Crippen LogP contribution in [0.3, 0.4) is 0 Å². The number of aromatic nitrogens is 4. The molecule has 3 aromatic heterocycles. The van der Waals surface area contributed by atoms with Crippen LogP contribution in [0.4, 0.5) is 20.4 Å². The Bertz CT molecular complexity index is 1540. The summed E-state index contributed by atoms with van der Waals surface area (Å²) in [7, 11) is -3.85. The largest absolute Gasteiger partial charge is 0.352 e. The molecule has 0 saturated carbocycles. The molecule has 0 atom stereocenters. The van der Waals surface area contributed by atoms with Crippen molar-refractivity contribution in [2.75, 3.05) is 15.8 Å². The number of hydrogen-bond acceptors (Lipinski definition) is 7. The minimum absolute atomic E-state index is 0.0234. The summed E-state index contributed by atoms with van der Waals surface area (Å²) in [5, 5.41) is 3.42. The van der Waals surface area contributed by atoms with Crippen LogP contribution >= 0.6 is 0 Å². The Morgan fingerprint density at radius 3 is 2.44 bits per heavy atom. The van der Waals surface area contributed by atoms with Crippen LogP contribution in [0.25, 0.3) is 22.2 Å². The summed E-state index contributed by atoms with van der Waals surface area (Å²) in [4.78, 5) is 28.9. The normalized spacial score (nSPS) is 11.7. The van der Waals surface area contributed by atoms with E-state index in [0.717, 1.165) is 12.1 Å². The highest BCUT2D eigenvalue weighted by molar-refractivity contribution is 7.92. The molecule has 0 aliphatic carbocycles. The molecule has 0 aliphatic heterocycles. The molecule has 0 radical (unpaired) electrons. The monoisotopic (exact) mass is 514 g/mol. The van der Waals surface area contributed by atoms with Crippen molar-refractivity contribution in [1.29, 1.82) is 0 Å². The maximum atomic E-state index is 15.2. The molecule has 0 fully saturated rings. The van der Waals surface area contributed by atoms with Gasteiger partial charge in [0, 0.05) is 52.9 Å². The second kappa shape index (κ2) is 9.97. The standard InChI is InChI=1S/C24H24F2N6O3S/c1-4-7-36(34,35)32-19-6-5-18(25)20(21(19)26)22(33)17-12-28-23-16(17)8-14(9-27-23)15-10-29-24(30-11-15)31-13(2)3/h5-6,8-13,32H,4,7H2,1-3H3,(H,27,28)(H,29,30,31). The third-order valence-electron chi connectivity index (χ3n) is 5.24. The summed E-state index contributed by atoms with van der Waals surface area (Å²) in [6.45, 7) is 5.57. The SMILES string of the molecule is CCCS(=O)(=O)Nc1ccc(F)c(C(=O)c2c[nH]c3ncc(-c4cnc(NC(C)C)nc4)cc23)c1F. The van der Waals surface area contributed by atoms with E-state index in [1.165, 1.54) is 6.20 Å². The summed E-state index contributed by atoms with van der Waals surface area (Å²) in [5.41, 5.74) is 0.160. The first kappa shape index (κ1) is 25.2. The minimum Gasteiger partial charge on any atom is -0.352 e. The van der Waals surface area contributed by atoms with Gasteiger partial charge in [-0.3, -0.25) is 9.52 Å². The van der Waals surface area contributed by atoms with Crippen molar-refractivity contribution in [1.82, 2.24) is 19.9 Å². The van der Waals surface area contributed by atoms with Crippen LogP contribution in [0.15, 0.2) is 43.0 Å². The Labute approximate surface area is 206 Å². The van der Waals surface area contributed by atoms with E-state index in [2.05, 4.69) is 30.0 Å². The van der Waals surface area contributed by atoms with Crippen LogP contribution in [0.2, 0.25) is 0 Å². The van der Waals surface area contributed by atoms with Gasteiger partial charge in [-0.1, -0.05) is 6.92 Å². The molecule has 3 N–H and O–H groups in total. The number of halogens is 2. The van der Waals surface area contributed by atoms with Crippen molar-refractivity contribution in [2.45, 2.75) is 33.2 Å². The third-order valence-corrected chi connectivity index (χ3v) is 6.71. The number of carbonyl (C=O) groups is 1. The van der Waals surface area contributed by atoms with E-state index in [9.17, 15) is 17.6 Å². The number of pyridine rings is 1. The lowest BCUT2D eigenvalue weighted by molar-refractivity contribution is 0.103. The van der Waals surface area contributed by atoms with Gasteiger partial charge in [0.2, 0.25) is 21.8 Å². The van der Waals surface area contributed by atoms with Gasteiger partial charge in [-0.05, 0) is 38.5 Å². The lowest BCUT2D eigenvalue weighted by Crippen LogP contribution is -2.18. The molecule has 0 amide bonds. The van der Waals surface area contributed by atoms with Crippen molar-refractivity contribution >= 4 is 38.5 Å². The summed E-state index contributed by atoms with van der Waals surface area (Å²) < 4.78 is 56.1. The maximum absolute atomic E-state index is 15.2. The topological polar surface area (TPSA) is 130 Å². The smallest absolute Gasteiger partial charge is 0.232 e. The summed E-state index contributed by atoms with van der Waals surface area (Å²) >= 11 is 0. The summed E-state index contributed by atoms with van der Waals surface area (Å²) in [6.07, 6.45) is 6.37. The first-order valence-electron chi connectivity index (χ1n) is 11.2. The van der Waals surface area contributed by atoms with Gasteiger partial charge in [0.05, 0.1) is 17.0 Å². The number of aromatic amines is 1. The molecule has 0 bridgehead atoms. The van der Waals surface area contributed by atoms with E-state index >= 15 is 4.39 Å². The Morgan fingerprint density at radius 2 is 1.78 bits per heavy atom. The molecule has 4 aromatic rings. The van der Waals surface area contributed by atoms with Gasteiger partial charge < -0.3 is 10.3 Å². The lowest BCUT2D eigenvalue weighted by atomic mass is 10.0. The Balaban J connectivity index is 1.72. The zero-order chi connectivity index (χ0) is 26.0. The fourth-order valence-electron chi connectivity index (χ4n) is 3.62. The molecular formula is C24H24F2N6O3S. The maximum Gasteiger partial charge on any atom is 0.232 e. The van der Waals surface area contributed by atoms with Crippen molar-refractivity contribution in [3.05, 3.63) is 65.7 Å². The Morgan fingerprint density at radius 1 is 1.08 bits per heavy atom. The first-order valence-corrected chi connectivity index (χ1v) is 12.8. The number of nitrogens with zero attached hydrogens (tertiary/aromatic N) is 3. The molecule has 3 heterocycles. The van der Waals surface area contributed by atoms with Crippen LogP contribution in [-0.2, 0) is 10.0 Å². The van der Waals surface area contributed by atoms with Gasteiger partial charge in [-0.2, -0.15) is 0 Å². The second-order valence-electron chi connectivity index (χ2n) is 8.45. The molecule has 4 rings (SSSR count). The minimum atomic E-state index is -3.85. The van der Waals surface area contributed by atoms with E-state index < -0.39 is 38.7 Å². The molecule has 0 aliphatic rings. The van der Waals surface area contributed by atoms with Crippen molar-refractivity contribution < 1.29 is 22.0 Å². The average molecular weight is 515 g/mol. The van der Waals surface area contributed by atoms with Crippen LogP contribution in [-0.4, -0.2) is 45.9 Å². The number of carbonyl (C=O) groups excluding carboxylic acids is 1. The highest BCUT2D eigenvalue weighted by atomic mass is 32.2. The van der Waals surface area contributed by atoms with Crippen molar-refractivity contribution in [2.24, 2.45) is 0 Å². The highest BCUT2D eigenvalue weighted by Crippen LogP contribution is 2.29. The second-order valence-corrected chi connectivity index (χ2v) is 10.3. The highest BCUT2D eigenvalue weighted by Gasteiger charge is 2.26. The fourth-order valence-corrected chi connectivity index (χ4v) is 4.75. The number of rotatable bonds is 9. The van der Waals surface area contributed by atoms with Crippen LogP contribution in [0, 0.1) is 11.6 Å². The number of sulfonamides is 1. The van der Waals surface area contributed by atoms with E-state index in [0.29, 0.717) is 34.5 Å². The van der Waals surface area contributed by atoms with Gasteiger partial charge in [-0.25, -0.2) is 32.2 Å². The van der Waals surface area contributed by atoms with Gasteiger partial charge in [0.15, 0.2) is 5.82 Å². The van der Waals surface area contributed by atoms with Crippen LogP contribution < -0.4 is 10.0 Å². The zero-order valence-corrected chi connectivity index (χ0v) is 20.6. The predicted molar refractivity (Wildman–Crippen MR) is 133 cm³/mol. The number of benzene rings is 1. The number of nitrogens with one attached hydrogen (secondary N) is 3. The van der Waals surface area contributed by atoms with E-state index in [1.807, 2.05) is 13.8 Å². The number of anilines is 2. The summed E-state index contributed by atoms with van der Waals surface area (Å²) in [5.74, 6) is -3.15. The van der Waals surface area contributed by atoms with Crippen LogP contribution in [0.1, 0.15) is 43.1 Å². The molecule has 0 saturated heterocycles. The number of H-pyrrole nitrogens is 1. The van der Waals surface area contributed by atoms with Gasteiger partial charge in [-0.15, -0.1) is 0 Å². The molecule has 9 nitrogen and oxygen atoms in total. The third kappa shape index (κ3) is 5.18. The van der Waals surface area contributed by atoms with Gasteiger partial charge >= 0.3 is 0 Å². The Kier molecular flexibility index (Phi) is 6.97. The number of ketones is 1. The number of fused-ring (bicyclic) bond motifs is 1. The first-order chi connectivity index (χ1) is 17.1. The molecule has 36 heavy (non-hydrogen) atoms. The van der Waals surface area contributed by atoms with Gasteiger partial charge in [0.1, 0.15) is 11.5 Å². The predicted octanol–water partition coefficient (Wildman–Crippen LogP) is 4.50. The van der Waals surface area contributed by atoms with Crippen molar-refractivity contribution in [3.63, 3.8) is 0 Å². The average Bonchev–Trinajstić information content (AvgIpc) is 3.24. The lowest BCUT2D eigenvalue weighted by Gasteiger charge is -2.11. The number of hydrogen-bond donors (Lipinski definition) is 3. The molecule has 0 spiro atoms. The molecule has 1 aromatic carbocycles. The zero-order valence-electron chi connectivity index (χ0n) is 19.8. The molecule has 0 unspecified atom stereocenters. The van der Waals surface area contributed by atoms with Crippen LogP contribution in [0.5, 0.6) is 0 Å². The quantitative estimate of drug-likeness (QED) is 0.280. The molecule has 12 heteroatoms. The Hall–Kier alpha value is -3.93. The summed E-state index contributed by atoms with van der Waals surface area (Å²) in [6, 6.07) is 3.59. The molecule has 188 valence electrons. The fraction of sp³-hybridized carbons (Fsp3) is 0.250. The van der Waals surface area contributed by atoms with E-state index in [-0.39, 0.29) is 17.4 Å². The van der Waals surface area contributed by atoms with E-state index in [1.54, 1.807) is 31.6 Å². The van der Waals surface area contributed by atoms with E-state index in [4.69, 9.17) is 0 Å². The van der Waals surface area contributed by atoms with Gasteiger partial charge in [0.25, 0.3) is 0 Å². The molecular weight excluding hydrogens is 490 g/mol.